The minimum atomic E-state index is -1.04. The zero-order valence-electron chi connectivity index (χ0n) is 21.5. The molecule has 0 aliphatic heterocycles. The molecule has 0 aromatic heterocycles. The summed E-state index contributed by atoms with van der Waals surface area (Å²) in [5.74, 6) is 2.18. The molecule has 0 heterocycles. The van der Waals surface area contributed by atoms with Gasteiger partial charge in [0.25, 0.3) is 0 Å². The van der Waals surface area contributed by atoms with Crippen molar-refractivity contribution in [3.05, 3.63) is 41.5 Å². The minimum Gasteiger partial charge on any atom is -0.508 e. The molecule has 0 atom stereocenters. The van der Waals surface area contributed by atoms with Crippen molar-refractivity contribution in [2.75, 3.05) is 0 Å². The standard InChI is InChI=1S/C29H46O3Si/c1-6-7-18-33(4,5)27-15-12-23(13-16-27)22-8-10-24(11-9-22)25-14-17-28(30)26(19-25)20-32-29(31)21(2)3/h14,17,19,22-24,27,30H,2,6-13,15-16,18,20H2,1,3-5H3. The van der Waals surface area contributed by atoms with Gasteiger partial charge in [0.05, 0.1) is 8.07 Å². The molecule has 2 fully saturated rings. The summed E-state index contributed by atoms with van der Waals surface area (Å²) in [7, 11) is -1.04. The molecule has 3 rings (SSSR count). The molecule has 3 nitrogen and oxygen atoms in total. The molecule has 2 aliphatic carbocycles. The van der Waals surface area contributed by atoms with Gasteiger partial charge in [0, 0.05) is 11.1 Å². The Morgan fingerprint density at radius 3 is 2.24 bits per heavy atom. The van der Waals surface area contributed by atoms with Gasteiger partial charge in [0.2, 0.25) is 0 Å². The van der Waals surface area contributed by atoms with E-state index in [-0.39, 0.29) is 12.4 Å². The normalized spacial score (nSPS) is 26.1. The van der Waals surface area contributed by atoms with E-state index in [9.17, 15) is 9.90 Å². The quantitative estimate of drug-likeness (QED) is 0.224. The van der Waals surface area contributed by atoms with E-state index in [1.54, 1.807) is 13.0 Å². The van der Waals surface area contributed by atoms with Crippen LogP contribution in [0.1, 0.15) is 95.1 Å². The molecule has 0 spiro atoms. The maximum Gasteiger partial charge on any atom is 0.333 e. The molecule has 1 aromatic carbocycles. The fourth-order valence-corrected chi connectivity index (χ4v) is 9.94. The summed E-state index contributed by atoms with van der Waals surface area (Å²) >= 11 is 0. The molecule has 184 valence electrons. The fraction of sp³-hybridized carbons (Fsp3) is 0.690. The molecule has 2 aliphatic rings. The predicted octanol–water partition coefficient (Wildman–Crippen LogP) is 8.35. The lowest BCUT2D eigenvalue weighted by Crippen LogP contribution is -2.36. The Balaban J connectivity index is 1.50. The summed E-state index contributed by atoms with van der Waals surface area (Å²) in [6.45, 7) is 13.0. The summed E-state index contributed by atoms with van der Waals surface area (Å²) in [6, 6.07) is 7.38. The molecular formula is C29H46O3Si. The first-order valence-corrected chi connectivity index (χ1v) is 16.6. The van der Waals surface area contributed by atoms with Crippen LogP contribution in [0.25, 0.3) is 0 Å². The highest BCUT2D eigenvalue weighted by atomic mass is 28.3. The second-order valence-corrected chi connectivity index (χ2v) is 16.9. The number of carbonyl (C=O) groups excluding carboxylic acids is 1. The van der Waals surface area contributed by atoms with Crippen LogP contribution >= 0.6 is 0 Å². The lowest BCUT2D eigenvalue weighted by Gasteiger charge is -2.42. The smallest absolute Gasteiger partial charge is 0.333 e. The Bertz CT molecular complexity index is 799. The third-order valence-electron chi connectivity index (χ3n) is 8.77. The number of hydrogen-bond donors (Lipinski definition) is 1. The van der Waals surface area contributed by atoms with Crippen molar-refractivity contribution in [1.29, 1.82) is 0 Å². The average Bonchev–Trinajstić information content (AvgIpc) is 2.82. The number of rotatable bonds is 9. The van der Waals surface area contributed by atoms with Gasteiger partial charge in [0.1, 0.15) is 12.4 Å². The number of hydrogen-bond acceptors (Lipinski definition) is 3. The van der Waals surface area contributed by atoms with Gasteiger partial charge in [-0.05, 0) is 73.6 Å². The SMILES string of the molecule is C=C(C)C(=O)OCc1cc(C2CCC(C3CCC([Si](C)(C)CCCC)CC3)CC2)ccc1O. The average molecular weight is 471 g/mol. The monoisotopic (exact) mass is 470 g/mol. The number of carbonyl (C=O) groups is 1. The number of aromatic hydroxyl groups is 1. The van der Waals surface area contributed by atoms with Crippen LogP contribution in [0.4, 0.5) is 0 Å². The highest BCUT2D eigenvalue weighted by molar-refractivity contribution is 6.78. The summed E-state index contributed by atoms with van der Waals surface area (Å²) in [5, 5.41) is 10.2. The number of ether oxygens (including phenoxy) is 1. The van der Waals surface area contributed by atoms with E-state index in [0.717, 1.165) is 17.4 Å². The van der Waals surface area contributed by atoms with E-state index in [4.69, 9.17) is 4.74 Å². The molecule has 33 heavy (non-hydrogen) atoms. The van der Waals surface area contributed by atoms with Gasteiger partial charge in [0.15, 0.2) is 0 Å². The van der Waals surface area contributed by atoms with E-state index in [0.29, 0.717) is 17.1 Å². The number of phenols is 1. The summed E-state index contributed by atoms with van der Waals surface area (Å²) in [6.07, 6.45) is 13.8. The third-order valence-corrected chi connectivity index (χ3v) is 13.2. The lowest BCUT2D eigenvalue weighted by molar-refractivity contribution is -0.140. The molecule has 0 bridgehead atoms. The first-order valence-electron chi connectivity index (χ1n) is 13.4. The second kappa shape index (κ2) is 11.7. The van der Waals surface area contributed by atoms with Gasteiger partial charge in [-0.25, -0.2) is 4.79 Å². The lowest BCUT2D eigenvalue weighted by atomic mass is 9.70. The van der Waals surface area contributed by atoms with E-state index in [1.807, 2.05) is 6.07 Å². The van der Waals surface area contributed by atoms with Crippen LogP contribution in [0.3, 0.4) is 0 Å². The van der Waals surface area contributed by atoms with E-state index in [2.05, 4.69) is 32.7 Å². The van der Waals surface area contributed by atoms with Crippen LogP contribution in [-0.4, -0.2) is 19.1 Å². The summed E-state index contributed by atoms with van der Waals surface area (Å²) < 4.78 is 5.27. The van der Waals surface area contributed by atoms with Crippen molar-refractivity contribution in [2.45, 2.75) is 115 Å². The molecule has 4 heteroatoms. The van der Waals surface area contributed by atoms with E-state index >= 15 is 0 Å². The Kier molecular flexibility index (Phi) is 9.26. The van der Waals surface area contributed by atoms with Gasteiger partial charge < -0.3 is 9.84 Å². The van der Waals surface area contributed by atoms with Crippen molar-refractivity contribution >= 4 is 14.0 Å². The molecule has 1 N–H and O–H groups in total. The first-order chi connectivity index (χ1) is 15.7. The maximum atomic E-state index is 11.7. The molecule has 0 unspecified atom stereocenters. The van der Waals surface area contributed by atoms with Gasteiger partial charge in [-0.3, -0.25) is 0 Å². The molecule has 0 saturated heterocycles. The van der Waals surface area contributed by atoms with Gasteiger partial charge in [-0.15, -0.1) is 0 Å². The van der Waals surface area contributed by atoms with Crippen LogP contribution in [0.15, 0.2) is 30.4 Å². The van der Waals surface area contributed by atoms with Gasteiger partial charge in [-0.1, -0.05) is 77.2 Å². The Labute approximate surface area is 203 Å². The highest BCUT2D eigenvalue weighted by Crippen LogP contribution is 2.48. The summed E-state index contributed by atoms with van der Waals surface area (Å²) in [5.41, 5.74) is 3.40. The number of esters is 1. The maximum absolute atomic E-state index is 11.7. The third kappa shape index (κ3) is 6.97. The van der Waals surface area contributed by atoms with E-state index < -0.39 is 14.0 Å². The molecule has 0 amide bonds. The van der Waals surface area contributed by atoms with Crippen molar-refractivity contribution < 1.29 is 14.6 Å². The molecule has 0 radical (unpaired) electrons. The zero-order valence-corrected chi connectivity index (χ0v) is 22.5. The molecule has 2 saturated carbocycles. The number of unbranched alkanes of at least 4 members (excludes halogenated alkanes) is 1. The van der Waals surface area contributed by atoms with Crippen LogP contribution in [-0.2, 0) is 16.1 Å². The van der Waals surface area contributed by atoms with Crippen molar-refractivity contribution in [3.8, 4) is 5.75 Å². The highest BCUT2D eigenvalue weighted by Gasteiger charge is 2.37. The molecule has 1 aromatic rings. The van der Waals surface area contributed by atoms with Crippen LogP contribution in [0.2, 0.25) is 24.7 Å². The van der Waals surface area contributed by atoms with Crippen LogP contribution in [0, 0.1) is 11.8 Å². The Morgan fingerprint density at radius 1 is 1.06 bits per heavy atom. The van der Waals surface area contributed by atoms with Gasteiger partial charge >= 0.3 is 5.97 Å². The van der Waals surface area contributed by atoms with Gasteiger partial charge in [-0.2, -0.15) is 0 Å². The van der Waals surface area contributed by atoms with Crippen LogP contribution < -0.4 is 0 Å². The summed E-state index contributed by atoms with van der Waals surface area (Å²) in [4.78, 5) is 11.7. The zero-order chi connectivity index (χ0) is 24.0. The first kappa shape index (κ1) is 26.1. The topological polar surface area (TPSA) is 46.5 Å². The fourth-order valence-electron chi connectivity index (χ4n) is 6.37. The minimum absolute atomic E-state index is 0.0991. The van der Waals surface area contributed by atoms with Crippen molar-refractivity contribution in [2.24, 2.45) is 11.8 Å². The Morgan fingerprint density at radius 2 is 1.67 bits per heavy atom. The molecular weight excluding hydrogens is 424 g/mol. The number of phenolic OH excluding ortho intramolecular Hbond substituents is 1. The largest absolute Gasteiger partial charge is 0.508 e. The van der Waals surface area contributed by atoms with Crippen LogP contribution in [0.5, 0.6) is 5.75 Å². The Hall–Kier alpha value is -1.55. The second-order valence-electron chi connectivity index (χ2n) is 11.6. The van der Waals surface area contributed by atoms with Crippen molar-refractivity contribution in [1.82, 2.24) is 0 Å². The van der Waals surface area contributed by atoms with E-state index in [1.165, 1.54) is 75.8 Å². The number of benzene rings is 1. The predicted molar refractivity (Wildman–Crippen MR) is 140 cm³/mol. The van der Waals surface area contributed by atoms with Crippen molar-refractivity contribution in [3.63, 3.8) is 0 Å².